The van der Waals surface area contributed by atoms with Gasteiger partial charge < -0.3 is 5.11 Å². The summed E-state index contributed by atoms with van der Waals surface area (Å²) in [5.74, 6) is 0. The van der Waals surface area contributed by atoms with E-state index in [0.29, 0.717) is 6.42 Å². The van der Waals surface area contributed by atoms with Gasteiger partial charge in [0.1, 0.15) is 0 Å². The van der Waals surface area contributed by atoms with Gasteiger partial charge in [0.05, 0.1) is 10.4 Å². The molecule has 0 spiro atoms. The van der Waals surface area contributed by atoms with Crippen molar-refractivity contribution < 1.29 is 5.11 Å². The second kappa shape index (κ2) is 5.91. The van der Waals surface area contributed by atoms with Crippen molar-refractivity contribution >= 4 is 22.9 Å². The lowest BCUT2D eigenvalue weighted by molar-refractivity contribution is -0.0183. The zero-order valence-corrected chi connectivity index (χ0v) is 12.7. The van der Waals surface area contributed by atoms with E-state index < -0.39 is 0 Å². The number of halogens is 1. The predicted octanol–water partition coefficient (Wildman–Crippen LogP) is 3.57. The number of hydrogen-bond donors (Lipinski definition) is 1. The number of piperidine rings is 1. The van der Waals surface area contributed by atoms with Crippen molar-refractivity contribution in [2.45, 2.75) is 51.2 Å². The highest BCUT2D eigenvalue weighted by Crippen LogP contribution is 2.28. The highest BCUT2D eigenvalue weighted by molar-refractivity contribution is 7.16. The molecule has 1 aliphatic rings. The zero-order chi connectivity index (χ0) is 13.2. The van der Waals surface area contributed by atoms with Crippen molar-refractivity contribution in [3.63, 3.8) is 0 Å². The minimum absolute atomic E-state index is 0.156. The maximum absolute atomic E-state index is 10.5. The van der Waals surface area contributed by atoms with Crippen molar-refractivity contribution in [1.29, 1.82) is 0 Å². The molecular weight excluding hydrogens is 266 g/mol. The van der Waals surface area contributed by atoms with Crippen LogP contribution in [0.4, 0.5) is 0 Å². The van der Waals surface area contributed by atoms with Gasteiger partial charge in [0.2, 0.25) is 0 Å². The molecule has 1 unspecified atom stereocenters. The third-order valence-electron chi connectivity index (χ3n) is 4.01. The van der Waals surface area contributed by atoms with Crippen LogP contribution in [0.1, 0.15) is 38.0 Å². The standard InChI is InChI=1S/C14H22ClNOS/c1-14(2,16-8-4-3-5-9-16)12(17)10-11-6-7-13(15)18-11/h6-7,12,17H,3-5,8-10H2,1-2H3. The Morgan fingerprint density at radius 1 is 1.33 bits per heavy atom. The molecule has 4 heteroatoms. The van der Waals surface area contributed by atoms with E-state index >= 15 is 0 Å². The lowest BCUT2D eigenvalue weighted by Crippen LogP contribution is -2.54. The fourth-order valence-corrected chi connectivity index (χ4v) is 3.71. The number of likely N-dealkylation sites (tertiary alicyclic amines) is 1. The number of rotatable bonds is 4. The molecule has 2 heterocycles. The quantitative estimate of drug-likeness (QED) is 0.915. The Hall–Kier alpha value is -0.0900. The molecule has 1 aromatic heterocycles. The van der Waals surface area contributed by atoms with E-state index in [9.17, 15) is 5.11 Å². The normalized spacial score (nSPS) is 20.0. The van der Waals surface area contributed by atoms with E-state index in [0.717, 1.165) is 22.3 Å². The fraction of sp³-hybridized carbons (Fsp3) is 0.714. The van der Waals surface area contributed by atoms with Crippen molar-refractivity contribution in [3.8, 4) is 0 Å². The molecule has 0 radical (unpaired) electrons. The smallest absolute Gasteiger partial charge is 0.0931 e. The van der Waals surface area contributed by atoms with Crippen LogP contribution in [0.15, 0.2) is 12.1 Å². The summed E-state index contributed by atoms with van der Waals surface area (Å²) >= 11 is 7.50. The molecule has 1 fully saturated rings. The first-order chi connectivity index (χ1) is 8.50. The molecule has 18 heavy (non-hydrogen) atoms. The molecule has 2 nitrogen and oxygen atoms in total. The molecule has 1 aliphatic heterocycles. The number of thiophene rings is 1. The first-order valence-corrected chi connectivity index (χ1v) is 7.87. The van der Waals surface area contributed by atoms with Crippen LogP contribution in [0.2, 0.25) is 4.34 Å². The second-order valence-electron chi connectivity index (χ2n) is 5.63. The van der Waals surface area contributed by atoms with Gasteiger partial charge in [0.25, 0.3) is 0 Å². The van der Waals surface area contributed by atoms with Gasteiger partial charge in [-0.1, -0.05) is 18.0 Å². The number of hydrogen-bond acceptors (Lipinski definition) is 3. The third-order valence-corrected chi connectivity index (χ3v) is 5.26. The molecular formula is C14H22ClNOS. The summed E-state index contributed by atoms with van der Waals surface area (Å²) in [4.78, 5) is 3.59. The summed E-state index contributed by atoms with van der Waals surface area (Å²) < 4.78 is 0.799. The Morgan fingerprint density at radius 3 is 2.56 bits per heavy atom. The lowest BCUT2D eigenvalue weighted by Gasteiger charge is -2.44. The predicted molar refractivity (Wildman–Crippen MR) is 78.5 cm³/mol. The number of aliphatic hydroxyl groups excluding tert-OH is 1. The van der Waals surface area contributed by atoms with Crippen molar-refractivity contribution in [2.75, 3.05) is 13.1 Å². The monoisotopic (exact) mass is 287 g/mol. The molecule has 0 amide bonds. The average Bonchev–Trinajstić information content (AvgIpc) is 2.76. The summed E-state index contributed by atoms with van der Waals surface area (Å²) in [6.45, 7) is 6.51. The minimum Gasteiger partial charge on any atom is -0.391 e. The van der Waals surface area contributed by atoms with Crippen LogP contribution in [-0.2, 0) is 6.42 Å². The van der Waals surface area contributed by atoms with Gasteiger partial charge in [-0.15, -0.1) is 11.3 Å². The van der Waals surface area contributed by atoms with Gasteiger partial charge >= 0.3 is 0 Å². The summed E-state index contributed by atoms with van der Waals surface area (Å²) in [6.07, 6.45) is 4.18. The van der Waals surface area contributed by atoms with E-state index in [1.165, 1.54) is 19.3 Å². The van der Waals surface area contributed by atoms with E-state index in [2.05, 4.69) is 18.7 Å². The molecule has 2 rings (SSSR count). The maximum Gasteiger partial charge on any atom is 0.0931 e. The van der Waals surface area contributed by atoms with Crippen LogP contribution in [0.25, 0.3) is 0 Å². The molecule has 1 saturated heterocycles. The van der Waals surface area contributed by atoms with Gasteiger partial charge in [0, 0.05) is 16.8 Å². The van der Waals surface area contributed by atoms with Gasteiger partial charge in [-0.05, 0) is 51.9 Å². The van der Waals surface area contributed by atoms with Crippen LogP contribution in [-0.4, -0.2) is 34.7 Å². The average molecular weight is 288 g/mol. The summed E-state index contributed by atoms with van der Waals surface area (Å²) in [7, 11) is 0. The third kappa shape index (κ3) is 3.27. The number of aliphatic hydroxyl groups is 1. The zero-order valence-electron chi connectivity index (χ0n) is 11.2. The SMILES string of the molecule is CC(C)(C(O)Cc1ccc(Cl)s1)N1CCCCC1. The second-order valence-corrected chi connectivity index (χ2v) is 7.43. The summed E-state index contributed by atoms with van der Waals surface area (Å²) in [5.41, 5.74) is -0.156. The molecule has 0 aromatic carbocycles. The Bertz CT molecular complexity index is 385. The molecule has 0 aliphatic carbocycles. The molecule has 1 atom stereocenters. The summed E-state index contributed by atoms with van der Waals surface area (Å²) in [5, 5.41) is 10.5. The molecule has 102 valence electrons. The molecule has 1 aromatic rings. The van der Waals surface area contributed by atoms with Gasteiger partial charge in [-0.25, -0.2) is 0 Å². The minimum atomic E-state index is -0.342. The molecule has 0 saturated carbocycles. The number of nitrogens with zero attached hydrogens (tertiary/aromatic N) is 1. The summed E-state index contributed by atoms with van der Waals surface area (Å²) in [6, 6.07) is 3.92. The highest BCUT2D eigenvalue weighted by atomic mass is 35.5. The fourth-order valence-electron chi connectivity index (χ4n) is 2.58. The van der Waals surface area contributed by atoms with E-state index in [1.54, 1.807) is 11.3 Å². The Labute approximate surface area is 119 Å². The van der Waals surface area contributed by atoms with Crippen LogP contribution >= 0.6 is 22.9 Å². The van der Waals surface area contributed by atoms with Gasteiger partial charge in [-0.3, -0.25) is 4.90 Å². The Morgan fingerprint density at radius 2 is 2.00 bits per heavy atom. The van der Waals surface area contributed by atoms with Crippen molar-refractivity contribution in [2.24, 2.45) is 0 Å². The van der Waals surface area contributed by atoms with E-state index in [-0.39, 0.29) is 11.6 Å². The topological polar surface area (TPSA) is 23.5 Å². The van der Waals surface area contributed by atoms with Crippen LogP contribution in [0.3, 0.4) is 0 Å². The first kappa shape index (κ1) is 14.3. The first-order valence-electron chi connectivity index (χ1n) is 6.67. The molecule has 0 bridgehead atoms. The Kier molecular flexibility index (Phi) is 4.70. The molecule has 1 N–H and O–H groups in total. The van der Waals surface area contributed by atoms with E-state index in [1.807, 2.05) is 12.1 Å². The van der Waals surface area contributed by atoms with Gasteiger partial charge in [-0.2, -0.15) is 0 Å². The van der Waals surface area contributed by atoms with Crippen LogP contribution < -0.4 is 0 Å². The van der Waals surface area contributed by atoms with Crippen LogP contribution in [0, 0.1) is 0 Å². The largest absolute Gasteiger partial charge is 0.391 e. The lowest BCUT2D eigenvalue weighted by atomic mass is 9.90. The maximum atomic E-state index is 10.5. The van der Waals surface area contributed by atoms with E-state index in [4.69, 9.17) is 11.6 Å². The van der Waals surface area contributed by atoms with Crippen molar-refractivity contribution in [3.05, 3.63) is 21.3 Å². The van der Waals surface area contributed by atoms with Crippen molar-refractivity contribution in [1.82, 2.24) is 4.90 Å². The highest BCUT2D eigenvalue weighted by Gasteiger charge is 2.35. The van der Waals surface area contributed by atoms with Gasteiger partial charge in [0.15, 0.2) is 0 Å². The van der Waals surface area contributed by atoms with Crippen LogP contribution in [0.5, 0.6) is 0 Å². The Balaban J connectivity index is 1.99.